The fourth-order valence-corrected chi connectivity index (χ4v) is 8.25. The third-order valence-corrected chi connectivity index (χ3v) is 10.2. The van der Waals surface area contributed by atoms with E-state index in [1.807, 2.05) is 33.8 Å². The van der Waals surface area contributed by atoms with Crippen molar-refractivity contribution in [2.75, 3.05) is 0 Å². The van der Waals surface area contributed by atoms with Crippen LogP contribution in [0, 0.1) is 34.5 Å². The highest BCUT2D eigenvalue weighted by atomic mass is 16.6. The zero-order chi connectivity index (χ0) is 32.3. The number of aliphatic hydroxyl groups is 1. The standard InChI is InChI=1S/C34H54O9/c1-10-13-25(36)41-23-17-34(9)24(42-26(37)14-11-2)18-33(8)22(29(34)28(23)19(4)5)16-20(6)30(39)31(40-21(7)35)32(33)43-27(38)15-12-3/h16,19,22-24,28-32,39H,10-15,17-18H2,1-9H3/t22-,23+,24+,28+,29?,30+,31+,32?,33?,34?/m1/s1. The lowest BCUT2D eigenvalue weighted by Crippen LogP contribution is -2.61. The van der Waals surface area contributed by atoms with Gasteiger partial charge in [-0.3, -0.25) is 19.2 Å². The second kappa shape index (κ2) is 14.1. The maximum Gasteiger partial charge on any atom is 0.306 e. The molecular formula is C34H54O9. The molecule has 0 amide bonds. The van der Waals surface area contributed by atoms with Gasteiger partial charge in [0, 0.05) is 42.9 Å². The number of ether oxygens (including phenoxy) is 4. The summed E-state index contributed by atoms with van der Waals surface area (Å²) in [5.41, 5.74) is -0.839. The van der Waals surface area contributed by atoms with Gasteiger partial charge in [0.1, 0.15) is 24.4 Å². The van der Waals surface area contributed by atoms with Gasteiger partial charge in [0.15, 0.2) is 6.10 Å². The van der Waals surface area contributed by atoms with Crippen molar-refractivity contribution >= 4 is 23.9 Å². The first-order valence-corrected chi connectivity index (χ1v) is 16.3. The third kappa shape index (κ3) is 7.12. The summed E-state index contributed by atoms with van der Waals surface area (Å²) < 4.78 is 24.4. The lowest BCUT2D eigenvalue weighted by Gasteiger charge is -2.57. The first-order chi connectivity index (χ1) is 20.1. The summed E-state index contributed by atoms with van der Waals surface area (Å²) in [5, 5.41) is 11.5. The van der Waals surface area contributed by atoms with Crippen LogP contribution in [0.1, 0.15) is 114 Å². The summed E-state index contributed by atoms with van der Waals surface area (Å²) in [6.07, 6.45) is 1.22. The van der Waals surface area contributed by atoms with E-state index in [0.717, 1.165) is 0 Å². The van der Waals surface area contributed by atoms with Crippen LogP contribution >= 0.6 is 0 Å². The van der Waals surface area contributed by atoms with E-state index in [4.69, 9.17) is 18.9 Å². The number of aliphatic hydroxyl groups excluding tert-OH is 1. The predicted octanol–water partition coefficient (Wildman–Crippen LogP) is 5.70. The summed E-state index contributed by atoms with van der Waals surface area (Å²) in [6.45, 7) is 17.2. The highest BCUT2D eigenvalue weighted by Gasteiger charge is 2.69. The molecule has 43 heavy (non-hydrogen) atoms. The Morgan fingerprint density at radius 1 is 0.860 bits per heavy atom. The molecule has 0 heterocycles. The minimum atomic E-state index is -1.20. The first-order valence-electron chi connectivity index (χ1n) is 16.3. The second-order valence-electron chi connectivity index (χ2n) is 13.9. The molecule has 9 heteroatoms. The van der Waals surface area contributed by atoms with Crippen molar-refractivity contribution in [2.45, 2.75) is 144 Å². The fraction of sp³-hybridized carbons (Fsp3) is 0.824. The summed E-state index contributed by atoms with van der Waals surface area (Å²) in [4.78, 5) is 51.4. The molecule has 10 atom stereocenters. The number of allylic oxidation sites excluding steroid dienone is 1. The van der Waals surface area contributed by atoms with Gasteiger partial charge >= 0.3 is 23.9 Å². The van der Waals surface area contributed by atoms with Crippen LogP contribution in [0.15, 0.2) is 11.6 Å². The van der Waals surface area contributed by atoms with Crippen molar-refractivity contribution < 1.29 is 43.2 Å². The zero-order valence-corrected chi connectivity index (χ0v) is 27.6. The minimum absolute atomic E-state index is 0.0960. The number of fused-ring (bicyclic) bond motifs is 3. The molecule has 0 aromatic carbocycles. The average molecular weight is 607 g/mol. The van der Waals surface area contributed by atoms with E-state index in [9.17, 15) is 24.3 Å². The van der Waals surface area contributed by atoms with E-state index in [0.29, 0.717) is 44.1 Å². The van der Waals surface area contributed by atoms with Crippen molar-refractivity contribution in [2.24, 2.45) is 34.5 Å². The van der Waals surface area contributed by atoms with E-state index in [2.05, 4.69) is 20.8 Å². The molecule has 1 N–H and O–H groups in total. The van der Waals surface area contributed by atoms with Gasteiger partial charge in [0.25, 0.3) is 0 Å². The average Bonchev–Trinajstić information content (AvgIpc) is 3.17. The highest BCUT2D eigenvalue weighted by molar-refractivity contribution is 5.71. The number of carbonyl (C=O) groups is 4. The van der Waals surface area contributed by atoms with Crippen LogP contribution in [0.2, 0.25) is 0 Å². The van der Waals surface area contributed by atoms with Crippen LogP contribution in [0.3, 0.4) is 0 Å². The minimum Gasteiger partial charge on any atom is -0.462 e. The Morgan fingerprint density at radius 2 is 1.40 bits per heavy atom. The number of hydrogen-bond acceptors (Lipinski definition) is 9. The van der Waals surface area contributed by atoms with Crippen molar-refractivity contribution in [1.29, 1.82) is 0 Å². The largest absolute Gasteiger partial charge is 0.462 e. The number of carbonyl (C=O) groups excluding carboxylic acids is 4. The Balaban J connectivity index is 2.26. The van der Waals surface area contributed by atoms with E-state index >= 15 is 0 Å². The van der Waals surface area contributed by atoms with Gasteiger partial charge in [0.05, 0.1) is 0 Å². The molecule has 0 spiro atoms. The monoisotopic (exact) mass is 606 g/mol. The van der Waals surface area contributed by atoms with Crippen molar-refractivity contribution in [3.63, 3.8) is 0 Å². The third-order valence-electron chi connectivity index (χ3n) is 10.2. The molecule has 3 rings (SSSR count). The molecule has 0 bridgehead atoms. The molecule has 0 aromatic rings. The predicted molar refractivity (Wildman–Crippen MR) is 160 cm³/mol. The molecule has 0 radical (unpaired) electrons. The summed E-state index contributed by atoms with van der Waals surface area (Å²) in [7, 11) is 0. The van der Waals surface area contributed by atoms with Crippen LogP contribution in [-0.2, 0) is 38.1 Å². The van der Waals surface area contributed by atoms with Crippen LogP contribution in [0.25, 0.3) is 0 Å². The summed E-state index contributed by atoms with van der Waals surface area (Å²) in [6, 6.07) is 0. The smallest absolute Gasteiger partial charge is 0.306 e. The molecule has 3 aliphatic carbocycles. The maximum absolute atomic E-state index is 13.1. The lowest BCUT2D eigenvalue weighted by atomic mass is 9.49. The fourth-order valence-electron chi connectivity index (χ4n) is 8.25. The van der Waals surface area contributed by atoms with Crippen molar-refractivity contribution in [3.8, 4) is 0 Å². The molecule has 2 fully saturated rings. The normalized spacial score (nSPS) is 37.0. The number of esters is 4. The van der Waals surface area contributed by atoms with Gasteiger partial charge in [-0.15, -0.1) is 0 Å². The molecular weight excluding hydrogens is 552 g/mol. The van der Waals surface area contributed by atoms with Crippen molar-refractivity contribution in [3.05, 3.63) is 11.6 Å². The van der Waals surface area contributed by atoms with E-state index in [-0.39, 0.29) is 48.5 Å². The van der Waals surface area contributed by atoms with Gasteiger partial charge in [0.2, 0.25) is 0 Å². The Hall–Kier alpha value is -2.42. The van der Waals surface area contributed by atoms with E-state index in [1.165, 1.54) is 6.92 Å². The number of hydrogen-bond donors (Lipinski definition) is 1. The van der Waals surface area contributed by atoms with Gasteiger partial charge in [-0.25, -0.2) is 0 Å². The van der Waals surface area contributed by atoms with Gasteiger partial charge in [-0.1, -0.05) is 54.5 Å². The molecule has 244 valence electrons. The molecule has 9 nitrogen and oxygen atoms in total. The van der Waals surface area contributed by atoms with Gasteiger partial charge in [-0.2, -0.15) is 0 Å². The van der Waals surface area contributed by atoms with Crippen molar-refractivity contribution in [1.82, 2.24) is 0 Å². The molecule has 2 saturated carbocycles. The second-order valence-corrected chi connectivity index (χ2v) is 13.9. The topological polar surface area (TPSA) is 125 Å². The van der Waals surface area contributed by atoms with E-state index < -0.39 is 53.3 Å². The lowest BCUT2D eigenvalue weighted by molar-refractivity contribution is -0.215. The van der Waals surface area contributed by atoms with Crippen LogP contribution in [-0.4, -0.2) is 59.5 Å². The van der Waals surface area contributed by atoms with Gasteiger partial charge < -0.3 is 24.1 Å². The highest BCUT2D eigenvalue weighted by Crippen LogP contribution is 2.67. The molecule has 0 saturated heterocycles. The SMILES string of the molecule is CCCC(=O)OC1[C@@H](OC(C)=O)[C@@H](O)C(C)=C[C@@H]2C3[C@@H](C(C)C)[C@@H](OC(=O)CCC)CC3(C)[C@@H](OC(=O)CCC)CC12C. The Morgan fingerprint density at radius 3 is 1.91 bits per heavy atom. The van der Waals surface area contributed by atoms with Crippen LogP contribution in [0.4, 0.5) is 0 Å². The Labute approximate surface area is 257 Å². The summed E-state index contributed by atoms with van der Waals surface area (Å²) in [5.74, 6) is -2.00. The maximum atomic E-state index is 13.1. The Bertz CT molecular complexity index is 1070. The Kier molecular flexibility index (Phi) is 11.5. The summed E-state index contributed by atoms with van der Waals surface area (Å²) >= 11 is 0. The zero-order valence-electron chi connectivity index (χ0n) is 27.6. The van der Waals surface area contributed by atoms with E-state index in [1.54, 1.807) is 6.92 Å². The van der Waals surface area contributed by atoms with Gasteiger partial charge in [-0.05, 0) is 62.4 Å². The van der Waals surface area contributed by atoms with Crippen LogP contribution in [0.5, 0.6) is 0 Å². The first kappa shape index (κ1) is 35.1. The molecule has 0 aromatic heterocycles. The molecule has 3 aliphatic rings. The quantitative estimate of drug-likeness (QED) is 0.179. The molecule has 4 unspecified atom stereocenters. The number of rotatable bonds is 11. The van der Waals surface area contributed by atoms with Crippen LogP contribution < -0.4 is 0 Å². The molecule has 0 aliphatic heterocycles.